The number of hydrogen-bond acceptors (Lipinski definition) is 8. The van der Waals surface area contributed by atoms with Crippen LogP contribution in [0.2, 0.25) is 0 Å². The van der Waals surface area contributed by atoms with E-state index in [-0.39, 0.29) is 62.1 Å². The van der Waals surface area contributed by atoms with Gasteiger partial charge in [0.05, 0.1) is 17.7 Å². The first-order valence-electron chi connectivity index (χ1n) is 11.3. The number of amides is 1. The number of piperidine rings is 1. The highest BCUT2D eigenvalue weighted by atomic mass is 16.6. The summed E-state index contributed by atoms with van der Waals surface area (Å²) < 4.78 is 5.44. The van der Waals surface area contributed by atoms with Crippen molar-refractivity contribution in [2.45, 2.75) is 39.5 Å². The highest BCUT2D eigenvalue weighted by Crippen LogP contribution is 2.59. The second-order valence-electron chi connectivity index (χ2n) is 10.3. The smallest absolute Gasteiger partial charge is 0.269 e. The molecule has 0 N–H and O–H groups in total. The Balaban J connectivity index is 1.95. The number of non-ortho nitro benzene ring substituents is 1. The summed E-state index contributed by atoms with van der Waals surface area (Å²) in [6.45, 7) is 6.03. The number of Topliss-reactive ketones (excluding diaryl/α,β-unsaturated/α-hetero) is 2. The van der Waals surface area contributed by atoms with Crippen molar-refractivity contribution in [1.82, 2.24) is 9.80 Å². The maximum atomic E-state index is 13.8. The maximum Gasteiger partial charge on any atom is 0.269 e. The molecule has 2 saturated heterocycles. The van der Waals surface area contributed by atoms with Gasteiger partial charge < -0.3 is 9.64 Å². The molecule has 0 radical (unpaired) electrons. The van der Waals surface area contributed by atoms with Gasteiger partial charge in [-0.05, 0) is 17.9 Å². The normalized spacial score (nSPS) is 29.7. The van der Waals surface area contributed by atoms with Gasteiger partial charge in [0, 0.05) is 50.6 Å². The Bertz CT molecular complexity index is 1090. The number of nitriles is 1. The topological polar surface area (TPSA) is 134 Å². The summed E-state index contributed by atoms with van der Waals surface area (Å²) in [5.41, 5.74) is -3.89. The number of nitro groups is 1. The molecule has 1 saturated carbocycles. The minimum absolute atomic E-state index is 0.0289. The quantitative estimate of drug-likeness (QED) is 0.365. The predicted octanol–water partition coefficient (Wildman–Crippen LogP) is 2.24. The number of ether oxygens (including phenoxy) is 1. The van der Waals surface area contributed by atoms with E-state index in [1.165, 1.54) is 23.1 Å². The Hall–Kier alpha value is -3.16. The van der Waals surface area contributed by atoms with Crippen molar-refractivity contribution in [2.75, 3.05) is 33.1 Å². The first-order valence-corrected chi connectivity index (χ1v) is 11.3. The lowest BCUT2D eigenvalue weighted by Gasteiger charge is -2.59. The van der Waals surface area contributed by atoms with Crippen LogP contribution in [0.3, 0.4) is 0 Å². The third-order valence-corrected chi connectivity index (χ3v) is 7.31. The second-order valence-corrected chi connectivity index (χ2v) is 10.3. The molecule has 3 unspecified atom stereocenters. The number of benzene rings is 1. The summed E-state index contributed by atoms with van der Waals surface area (Å²) in [7, 11) is 0. The molecule has 3 atom stereocenters. The molecule has 1 aliphatic carbocycles. The summed E-state index contributed by atoms with van der Waals surface area (Å²) in [5.74, 6) is -2.31. The van der Waals surface area contributed by atoms with Crippen molar-refractivity contribution in [3.8, 4) is 6.07 Å². The van der Waals surface area contributed by atoms with Crippen LogP contribution in [0, 0.1) is 37.7 Å². The van der Waals surface area contributed by atoms with Crippen molar-refractivity contribution in [1.29, 1.82) is 5.26 Å². The number of hydrogen-bond donors (Lipinski definition) is 0. The van der Waals surface area contributed by atoms with E-state index >= 15 is 0 Å². The Morgan fingerprint density at radius 2 is 1.88 bits per heavy atom. The molecule has 2 bridgehead atoms. The van der Waals surface area contributed by atoms with E-state index in [1.54, 1.807) is 17.9 Å². The average Bonchev–Trinajstić information content (AvgIpc) is 2.78. The van der Waals surface area contributed by atoms with Gasteiger partial charge in [0.2, 0.25) is 5.91 Å². The zero-order chi connectivity index (χ0) is 24.9. The van der Waals surface area contributed by atoms with Gasteiger partial charge in [0.15, 0.2) is 5.41 Å². The largest absolute Gasteiger partial charge is 0.361 e. The highest BCUT2D eigenvalue weighted by molar-refractivity contribution is 6.12. The summed E-state index contributed by atoms with van der Waals surface area (Å²) in [6.07, 6.45) is 0.243. The van der Waals surface area contributed by atoms with Gasteiger partial charge in [-0.2, -0.15) is 5.26 Å². The standard InChI is InChI=1S/C24H28N4O6/c1-4-34-15-27-14-26-12-23(11-25,21(27)31)20(16-6-5-7-17(8-16)28(32)33)24(13-26)18(29)9-22(2,3)10-19(24)30/h5-8,20H,4,9-10,12-15H2,1-3H3. The van der Waals surface area contributed by atoms with E-state index in [9.17, 15) is 29.8 Å². The first kappa shape index (κ1) is 24.0. The molecule has 1 aromatic rings. The van der Waals surface area contributed by atoms with Crippen LogP contribution < -0.4 is 0 Å². The summed E-state index contributed by atoms with van der Waals surface area (Å²) in [6, 6.07) is 7.81. The van der Waals surface area contributed by atoms with Gasteiger partial charge in [-0.3, -0.25) is 29.4 Å². The third-order valence-electron chi connectivity index (χ3n) is 7.31. The average molecular weight is 469 g/mol. The highest BCUT2D eigenvalue weighted by Gasteiger charge is 2.70. The van der Waals surface area contributed by atoms with E-state index in [1.807, 2.05) is 13.8 Å². The molecule has 180 valence electrons. The molecule has 2 heterocycles. The van der Waals surface area contributed by atoms with Crippen LogP contribution in [-0.2, 0) is 19.1 Å². The van der Waals surface area contributed by atoms with Crippen LogP contribution in [0.5, 0.6) is 0 Å². The van der Waals surface area contributed by atoms with Gasteiger partial charge in [-0.25, -0.2) is 0 Å². The molecular formula is C24H28N4O6. The molecule has 3 aliphatic rings. The number of fused-ring (bicyclic) bond motifs is 2. The lowest BCUT2D eigenvalue weighted by Crippen LogP contribution is -2.73. The molecule has 3 fully saturated rings. The fourth-order valence-corrected chi connectivity index (χ4v) is 5.98. The monoisotopic (exact) mass is 468 g/mol. The van der Waals surface area contributed by atoms with Crippen LogP contribution in [0.25, 0.3) is 0 Å². The summed E-state index contributed by atoms with van der Waals surface area (Å²) in [4.78, 5) is 55.6. The predicted molar refractivity (Wildman–Crippen MR) is 119 cm³/mol. The molecule has 1 spiro atoms. The number of ketones is 2. The maximum absolute atomic E-state index is 13.8. The lowest BCUT2D eigenvalue weighted by atomic mass is 9.48. The summed E-state index contributed by atoms with van der Waals surface area (Å²) in [5, 5.41) is 22.0. The Morgan fingerprint density at radius 3 is 2.47 bits per heavy atom. The van der Waals surface area contributed by atoms with E-state index in [0.717, 1.165) is 0 Å². The van der Waals surface area contributed by atoms with Crippen LogP contribution in [-0.4, -0.2) is 65.3 Å². The van der Waals surface area contributed by atoms with Gasteiger partial charge in [0.25, 0.3) is 5.69 Å². The fourth-order valence-electron chi connectivity index (χ4n) is 5.98. The van der Waals surface area contributed by atoms with Crippen LogP contribution >= 0.6 is 0 Å². The molecule has 1 aromatic carbocycles. The van der Waals surface area contributed by atoms with E-state index in [0.29, 0.717) is 6.61 Å². The summed E-state index contributed by atoms with van der Waals surface area (Å²) >= 11 is 0. The van der Waals surface area contributed by atoms with Gasteiger partial charge in [-0.15, -0.1) is 0 Å². The number of nitro benzene ring substituents is 1. The van der Waals surface area contributed by atoms with E-state index in [2.05, 4.69) is 6.07 Å². The lowest BCUT2D eigenvalue weighted by molar-refractivity contribution is -0.385. The molecule has 10 nitrogen and oxygen atoms in total. The number of nitrogens with zero attached hydrogens (tertiary/aromatic N) is 4. The van der Waals surface area contributed by atoms with E-state index < -0.39 is 33.0 Å². The van der Waals surface area contributed by atoms with Crippen molar-refractivity contribution in [3.63, 3.8) is 0 Å². The molecule has 34 heavy (non-hydrogen) atoms. The second kappa shape index (κ2) is 8.25. The van der Waals surface area contributed by atoms with Crippen LogP contribution in [0.15, 0.2) is 24.3 Å². The first-order chi connectivity index (χ1) is 16.0. The molecular weight excluding hydrogens is 440 g/mol. The molecule has 0 aromatic heterocycles. The zero-order valence-electron chi connectivity index (χ0n) is 19.6. The SMILES string of the molecule is CCOCN1CN2CC(C#N)(C1=O)C(c1cccc([N+](=O)[O-])c1)C1(C2)C(=O)CC(C)(C)CC1=O. The van der Waals surface area contributed by atoms with Crippen molar-refractivity contribution in [2.24, 2.45) is 16.2 Å². The molecule has 1 amide bonds. The Morgan fingerprint density at radius 1 is 1.21 bits per heavy atom. The Labute approximate surface area is 197 Å². The van der Waals surface area contributed by atoms with Gasteiger partial charge in [0.1, 0.15) is 23.7 Å². The van der Waals surface area contributed by atoms with Gasteiger partial charge in [-0.1, -0.05) is 26.0 Å². The fraction of sp³-hybridized carbons (Fsp3) is 0.583. The molecule has 2 aliphatic heterocycles. The molecule has 10 heteroatoms. The minimum atomic E-state index is -1.77. The number of carbonyl (C=O) groups excluding carboxylic acids is 3. The van der Waals surface area contributed by atoms with Crippen LogP contribution in [0.4, 0.5) is 5.69 Å². The van der Waals surface area contributed by atoms with Crippen molar-refractivity contribution < 1.29 is 24.0 Å². The van der Waals surface area contributed by atoms with Crippen molar-refractivity contribution in [3.05, 3.63) is 39.9 Å². The number of carbonyl (C=O) groups is 3. The Kier molecular flexibility index (Phi) is 5.82. The van der Waals surface area contributed by atoms with Crippen molar-refractivity contribution >= 4 is 23.2 Å². The van der Waals surface area contributed by atoms with E-state index in [4.69, 9.17) is 4.74 Å². The zero-order valence-corrected chi connectivity index (χ0v) is 19.6. The minimum Gasteiger partial charge on any atom is -0.361 e. The molecule has 4 rings (SSSR count). The van der Waals surface area contributed by atoms with Crippen LogP contribution in [0.1, 0.15) is 45.1 Å². The number of rotatable bonds is 5. The third kappa shape index (κ3) is 3.51. The van der Waals surface area contributed by atoms with Gasteiger partial charge >= 0.3 is 0 Å².